The van der Waals surface area contributed by atoms with Gasteiger partial charge in [-0.2, -0.15) is 0 Å². The summed E-state index contributed by atoms with van der Waals surface area (Å²) in [5.41, 5.74) is 0.198. The molecule has 1 N–H and O–H groups in total. The number of nitrogens with one attached hydrogen (secondary N) is 1. The highest BCUT2D eigenvalue weighted by Crippen LogP contribution is 2.50. The van der Waals surface area contributed by atoms with E-state index in [0.29, 0.717) is 31.5 Å². The molecule has 7 rings (SSSR count). The monoisotopic (exact) mass is 663 g/mol. The number of hydrogen-bond acceptors (Lipinski definition) is 9. The van der Waals surface area contributed by atoms with E-state index in [0.717, 1.165) is 77.7 Å². The van der Waals surface area contributed by atoms with Crippen LogP contribution in [0.1, 0.15) is 88.9 Å². The van der Waals surface area contributed by atoms with E-state index in [9.17, 15) is 14.0 Å². The van der Waals surface area contributed by atoms with Gasteiger partial charge in [0.2, 0.25) is 5.91 Å². The minimum atomic E-state index is -0.503. The third-order valence-corrected chi connectivity index (χ3v) is 12.0. The molecule has 48 heavy (non-hydrogen) atoms. The molecule has 5 aliphatic rings. The number of benzene rings is 1. The molecule has 1 aromatic heterocycles. The van der Waals surface area contributed by atoms with Gasteiger partial charge in [0.15, 0.2) is 5.82 Å². The maximum absolute atomic E-state index is 14.3. The van der Waals surface area contributed by atoms with Crippen LogP contribution in [-0.4, -0.2) is 101 Å². The molecule has 1 aliphatic carbocycles. The lowest BCUT2D eigenvalue weighted by Crippen LogP contribution is -2.61. The number of rotatable bonds is 8. The summed E-state index contributed by atoms with van der Waals surface area (Å²) < 4.78 is 26.0. The van der Waals surface area contributed by atoms with Gasteiger partial charge in [-0.15, -0.1) is 10.2 Å². The van der Waals surface area contributed by atoms with Crippen molar-refractivity contribution in [3.05, 3.63) is 35.9 Å². The highest BCUT2D eigenvalue weighted by atomic mass is 19.1. The van der Waals surface area contributed by atoms with Crippen molar-refractivity contribution < 1.29 is 23.5 Å². The molecule has 0 bridgehead atoms. The summed E-state index contributed by atoms with van der Waals surface area (Å²) in [5, 5.41) is 11.7. The summed E-state index contributed by atoms with van der Waals surface area (Å²) in [6.07, 6.45) is 11.0. The summed E-state index contributed by atoms with van der Waals surface area (Å²) in [6, 6.07) is 3.94. The van der Waals surface area contributed by atoms with E-state index < -0.39 is 5.82 Å². The van der Waals surface area contributed by atoms with Gasteiger partial charge < -0.3 is 29.5 Å². The Morgan fingerprint density at radius 2 is 1.85 bits per heavy atom. The number of ether oxygens (including phenoxy) is 2. The predicted octanol–water partition coefficient (Wildman–Crippen LogP) is 4.82. The molecule has 12 heteroatoms. The molecule has 0 atom stereocenters. The molecule has 2 aromatic rings. The molecule has 2 amide bonds. The van der Waals surface area contributed by atoms with E-state index in [4.69, 9.17) is 9.47 Å². The standard InChI is InChI=1S/C36H50FN7O4/c1-4-44(25(2)3)32(45)28-19-27(37)5-6-29(28)48-31-30(38-24-39-41-31)43-22-34(23-43)11-15-42(16-12-34)20-26-7-9-36(10-8-26)21-35(33(46)40-36)13-17-47-18-14-35/h5-6,19,24-26H,4,7-18,20-23H2,1-3H3,(H,40,46). The van der Waals surface area contributed by atoms with Crippen molar-refractivity contribution in [3.63, 3.8) is 0 Å². The number of halogens is 1. The first kappa shape index (κ1) is 33.1. The number of hydrogen-bond donors (Lipinski definition) is 1. The van der Waals surface area contributed by atoms with E-state index >= 15 is 0 Å². The van der Waals surface area contributed by atoms with Crippen LogP contribution >= 0.6 is 0 Å². The molecular weight excluding hydrogens is 613 g/mol. The lowest BCUT2D eigenvalue weighted by atomic mass is 9.68. The number of piperidine rings is 1. The zero-order valence-corrected chi connectivity index (χ0v) is 28.7. The fourth-order valence-corrected chi connectivity index (χ4v) is 9.13. The van der Waals surface area contributed by atoms with Crippen molar-refractivity contribution in [1.29, 1.82) is 0 Å². The zero-order chi connectivity index (χ0) is 33.5. The minimum absolute atomic E-state index is 0.00240. The molecule has 4 aliphatic heterocycles. The third-order valence-electron chi connectivity index (χ3n) is 12.0. The topological polar surface area (TPSA) is 113 Å². The summed E-state index contributed by atoms with van der Waals surface area (Å²) in [6.45, 7) is 12.7. The second-order valence-electron chi connectivity index (χ2n) is 15.4. The first-order chi connectivity index (χ1) is 23.1. The maximum atomic E-state index is 14.3. The predicted molar refractivity (Wildman–Crippen MR) is 178 cm³/mol. The molecule has 4 saturated heterocycles. The van der Waals surface area contributed by atoms with Crippen LogP contribution in [0.3, 0.4) is 0 Å². The maximum Gasteiger partial charge on any atom is 0.282 e. The van der Waals surface area contributed by atoms with Gasteiger partial charge in [0.1, 0.15) is 17.9 Å². The molecule has 0 radical (unpaired) electrons. The quantitative estimate of drug-likeness (QED) is 0.425. The Morgan fingerprint density at radius 3 is 2.54 bits per heavy atom. The highest BCUT2D eigenvalue weighted by molar-refractivity contribution is 5.97. The number of anilines is 1. The Balaban J connectivity index is 0.921. The number of carbonyl (C=O) groups is 2. The van der Waals surface area contributed by atoms with Crippen LogP contribution in [-0.2, 0) is 9.53 Å². The zero-order valence-electron chi connectivity index (χ0n) is 28.7. The normalized spacial score (nSPS) is 26.6. The van der Waals surface area contributed by atoms with Crippen molar-refractivity contribution in [2.75, 3.05) is 57.4 Å². The van der Waals surface area contributed by atoms with Crippen LogP contribution in [0.4, 0.5) is 10.2 Å². The van der Waals surface area contributed by atoms with E-state index in [1.54, 1.807) is 4.90 Å². The molecule has 0 unspecified atom stereocenters. The molecule has 260 valence electrons. The number of nitrogens with zero attached hydrogens (tertiary/aromatic N) is 6. The first-order valence-corrected chi connectivity index (χ1v) is 18.0. The summed E-state index contributed by atoms with van der Waals surface area (Å²) in [5.74, 6) is 1.21. The summed E-state index contributed by atoms with van der Waals surface area (Å²) in [7, 11) is 0. The average molecular weight is 664 g/mol. The Morgan fingerprint density at radius 1 is 1.12 bits per heavy atom. The van der Waals surface area contributed by atoms with Crippen LogP contribution in [0, 0.1) is 22.6 Å². The second-order valence-corrected chi connectivity index (χ2v) is 15.4. The molecular formula is C36H50FN7O4. The Kier molecular flexibility index (Phi) is 9.08. The molecule has 5 heterocycles. The highest BCUT2D eigenvalue weighted by Gasteiger charge is 2.55. The Hall–Kier alpha value is -3.38. The lowest BCUT2D eigenvalue weighted by Gasteiger charge is -2.54. The Bertz CT molecular complexity index is 1490. The van der Waals surface area contributed by atoms with Crippen molar-refractivity contribution >= 4 is 17.6 Å². The van der Waals surface area contributed by atoms with Crippen LogP contribution in [0.2, 0.25) is 0 Å². The first-order valence-electron chi connectivity index (χ1n) is 18.0. The fraction of sp³-hybridized carbons (Fsp3) is 0.694. The van der Waals surface area contributed by atoms with Gasteiger partial charge in [-0.25, -0.2) is 9.37 Å². The number of carbonyl (C=O) groups excluding carboxylic acids is 2. The molecule has 11 nitrogen and oxygen atoms in total. The molecule has 5 fully saturated rings. The largest absolute Gasteiger partial charge is 0.434 e. The average Bonchev–Trinajstić information content (AvgIpc) is 3.32. The third kappa shape index (κ3) is 6.37. The summed E-state index contributed by atoms with van der Waals surface area (Å²) in [4.78, 5) is 37.4. The fourth-order valence-electron chi connectivity index (χ4n) is 9.13. The van der Waals surface area contributed by atoms with E-state index in [2.05, 4.69) is 30.3 Å². The van der Waals surface area contributed by atoms with Crippen molar-refractivity contribution in [2.24, 2.45) is 16.7 Å². The number of aromatic nitrogens is 3. The van der Waals surface area contributed by atoms with Gasteiger partial charge >= 0.3 is 0 Å². The SMILES string of the molecule is CCN(C(=O)c1cc(F)ccc1Oc1nncnc1N1CC2(CCN(CC3CCC4(CC3)CC3(CCOCC3)C(=O)N4)CC2)C1)C(C)C. The summed E-state index contributed by atoms with van der Waals surface area (Å²) >= 11 is 0. The second kappa shape index (κ2) is 13.2. The Labute approximate surface area is 282 Å². The van der Waals surface area contributed by atoms with E-state index in [-0.39, 0.29) is 51.4 Å². The lowest BCUT2D eigenvalue weighted by molar-refractivity contribution is -0.132. The van der Waals surface area contributed by atoms with Gasteiger partial charge in [-0.3, -0.25) is 9.59 Å². The van der Waals surface area contributed by atoms with Crippen LogP contribution < -0.4 is 15.0 Å². The van der Waals surface area contributed by atoms with Gasteiger partial charge in [0.05, 0.1) is 11.0 Å². The minimum Gasteiger partial charge on any atom is -0.434 e. The van der Waals surface area contributed by atoms with Gasteiger partial charge in [0, 0.05) is 56.4 Å². The molecule has 1 aromatic carbocycles. The molecule has 1 saturated carbocycles. The van der Waals surface area contributed by atoms with Crippen LogP contribution in [0.15, 0.2) is 24.5 Å². The van der Waals surface area contributed by atoms with Crippen LogP contribution in [0.5, 0.6) is 11.6 Å². The van der Waals surface area contributed by atoms with E-state index in [1.165, 1.54) is 37.4 Å². The van der Waals surface area contributed by atoms with E-state index in [1.807, 2.05) is 20.8 Å². The van der Waals surface area contributed by atoms with Crippen LogP contribution in [0.25, 0.3) is 0 Å². The van der Waals surface area contributed by atoms with Crippen molar-refractivity contribution in [3.8, 4) is 11.6 Å². The van der Waals surface area contributed by atoms with Crippen molar-refractivity contribution in [2.45, 2.75) is 90.1 Å². The van der Waals surface area contributed by atoms with Crippen molar-refractivity contribution in [1.82, 2.24) is 30.3 Å². The van der Waals surface area contributed by atoms with Gasteiger partial charge in [-0.1, -0.05) is 0 Å². The smallest absolute Gasteiger partial charge is 0.282 e. The molecule has 3 spiro atoms. The van der Waals surface area contributed by atoms with Gasteiger partial charge in [0.25, 0.3) is 11.8 Å². The van der Waals surface area contributed by atoms with Gasteiger partial charge in [-0.05, 0) is 116 Å². The number of likely N-dealkylation sites (tertiary alicyclic amines) is 1. The number of amides is 2.